The van der Waals surface area contributed by atoms with Gasteiger partial charge in [-0.15, -0.1) is 13.2 Å². The Morgan fingerprint density at radius 3 is 0.909 bits per heavy atom. The quantitative estimate of drug-likeness (QED) is 0.355. The standard InChI is InChI=1S/C2H4.4CHO.Fe/c5*1-2;/h1-2H2;4*1H;. The van der Waals surface area contributed by atoms with Gasteiger partial charge in [0.2, 0.25) is 0 Å². The number of carbonyl (C=O) groups excluding carboxylic acids is 4. The Hall–Kier alpha value is -1.06. The van der Waals surface area contributed by atoms with Gasteiger partial charge in [-0.2, -0.15) is 0 Å². The van der Waals surface area contributed by atoms with Crippen LogP contribution >= 0.6 is 0 Å². The van der Waals surface area contributed by atoms with E-state index in [0.29, 0.717) is 0 Å². The zero-order valence-corrected chi connectivity index (χ0v) is 6.81. The van der Waals surface area contributed by atoms with E-state index in [1.165, 1.54) is 0 Å². The first-order chi connectivity index (χ1) is 5.24. The summed E-state index contributed by atoms with van der Waals surface area (Å²) in [7, 11) is 0. The van der Waals surface area contributed by atoms with Crippen molar-refractivity contribution in [2.75, 3.05) is 0 Å². The van der Waals surface area contributed by atoms with E-state index in [0.717, 1.165) is 0 Å². The van der Waals surface area contributed by atoms with Gasteiger partial charge in [0.1, 0.15) is 0 Å². The first-order valence-electron chi connectivity index (χ1n) is 2.26. The van der Waals surface area contributed by atoms with Gasteiger partial charge in [-0.25, -0.2) is 0 Å². The normalized spacial score (nSPS) is 9.82. The zero-order chi connectivity index (χ0) is 9.33. The van der Waals surface area contributed by atoms with E-state index in [4.69, 9.17) is 0 Å². The predicted molar refractivity (Wildman–Crippen MR) is 38.3 cm³/mol. The third kappa shape index (κ3) is 3.60. The molecular formula is C6H8FeO4. The van der Waals surface area contributed by atoms with Gasteiger partial charge in [0.05, 0.1) is 0 Å². The molecule has 0 aliphatic rings. The van der Waals surface area contributed by atoms with Crippen molar-refractivity contribution in [3.8, 4) is 0 Å². The molecule has 0 aromatic heterocycles. The topological polar surface area (TPSA) is 68.3 Å². The minimum atomic E-state index is -3.28. The average molecular weight is 200 g/mol. The van der Waals surface area contributed by atoms with Crippen LogP contribution in [0.15, 0.2) is 13.2 Å². The molecule has 0 bridgehead atoms. The Morgan fingerprint density at radius 1 is 0.727 bits per heavy atom. The Balaban J connectivity index is 0. The summed E-state index contributed by atoms with van der Waals surface area (Å²) in [6, 6.07) is 0. The first kappa shape index (κ1) is 12.6. The van der Waals surface area contributed by atoms with Crippen molar-refractivity contribution < 1.29 is 32.0 Å². The molecule has 0 fully saturated rings. The maximum absolute atomic E-state index is 9.88. The molecule has 0 aliphatic heterocycles. The Kier molecular flexibility index (Phi) is 8.08. The molecule has 0 aromatic rings. The molecule has 0 spiro atoms. The average Bonchev–Trinajstić information content (AvgIpc) is 2.13. The molecule has 0 aliphatic carbocycles. The van der Waals surface area contributed by atoms with Crippen molar-refractivity contribution in [3.05, 3.63) is 13.2 Å². The van der Waals surface area contributed by atoms with E-state index in [-0.39, 0.29) is 20.7 Å². The van der Waals surface area contributed by atoms with E-state index >= 15 is 0 Å². The summed E-state index contributed by atoms with van der Waals surface area (Å²) in [5.41, 5.74) is 0. The summed E-state index contributed by atoms with van der Waals surface area (Å²) >= 11 is -3.28. The van der Waals surface area contributed by atoms with Crippen LogP contribution in [-0.2, 0) is 32.0 Å². The summed E-state index contributed by atoms with van der Waals surface area (Å²) in [6.07, 6.45) is 0. The molecule has 0 N–H and O–H groups in total. The van der Waals surface area contributed by atoms with E-state index < -0.39 is 12.8 Å². The first-order valence-corrected chi connectivity index (χ1v) is 4.81. The second-order valence-corrected chi connectivity index (χ2v) is 4.29. The van der Waals surface area contributed by atoms with Gasteiger partial charge in [0.25, 0.3) is 0 Å². The second kappa shape index (κ2) is 7.05. The number of hydrogen-bond donors (Lipinski definition) is 0. The van der Waals surface area contributed by atoms with Crippen molar-refractivity contribution >= 4 is 20.7 Å². The molecule has 0 saturated heterocycles. The molecule has 0 rings (SSSR count). The van der Waals surface area contributed by atoms with Gasteiger partial charge < -0.3 is 0 Å². The molecular weight excluding hydrogens is 192 g/mol. The van der Waals surface area contributed by atoms with Crippen molar-refractivity contribution in [1.82, 2.24) is 0 Å². The predicted octanol–water partition coefficient (Wildman–Crippen LogP) is -0.297. The SMILES string of the molecule is C=C.O=[CH][Fe]([CH]=O)([CH]=O)[CH]=O. The van der Waals surface area contributed by atoms with Crippen LogP contribution in [-0.4, -0.2) is 20.7 Å². The Labute approximate surface area is 66.5 Å². The third-order valence-electron chi connectivity index (χ3n) is 0.577. The number of carbonyl (C=O) groups is 4. The molecule has 0 amide bonds. The summed E-state index contributed by atoms with van der Waals surface area (Å²) in [5.74, 6) is 0. The van der Waals surface area contributed by atoms with Crippen LogP contribution in [0.4, 0.5) is 0 Å². The summed E-state index contributed by atoms with van der Waals surface area (Å²) in [4.78, 5) is 39.5. The fourth-order valence-electron chi connectivity index (χ4n) is 0.118. The fraction of sp³-hybridized carbons (Fsp3) is 0. The Morgan fingerprint density at radius 2 is 0.909 bits per heavy atom. The van der Waals surface area contributed by atoms with Gasteiger partial charge in [0, 0.05) is 0 Å². The van der Waals surface area contributed by atoms with Crippen LogP contribution in [0.2, 0.25) is 0 Å². The Bertz CT molecular complexity index is 128. The van der Waals surface area contributed by atoms with Crippen molar-refractivity contribution in [3.63, 3.8) is 0 Å². The van der Waals surface area contributed by atoms with Crippen LogP contribution in [0.3, 0.4) is 0 Å². The van der Waals surface area contributed by atoms with Crippen molar-refractivity contribution in [2.45, 2.75) is 0 Å². The number of rotatable bonds is 4. The van der Waals surface area contributed by atoms with E-state index in [1.54, 1.807) is 0 Å². The molecule has 0 unspecified atom stereocenters. The molecule has 0 heterocycles. The molecule has 0 aromatic carbocycles. The van der Waals surface area contributed by atoms with Gasteiger partial charge in [0.15, 0.2) is 0 Å². The fourth-order valence-corrected chi connectivity index (χ4v) is 0.486. The van der Waals surface area contributed by atoms with Crippen LogP contribution in [0.5, 0.6) is 0 Å². The van der Waals surface area contributed by atoms with Crippen LogP contribution in [0.1, 0.15) is 0 Å². The molecule has 64 valence electrons. The van der Waals surface area contributed by atoms with Crippen molar-refractivity contribution in [2.24, 2.45) is 0 Å². The van der Waals surface area contributed by atoms with Gasteiger partial charge in [-0.3, -0.25) is 0 Å². The summed E-state index contributed by atoms with van der Waals surface area (Å²) in [6.45, 7) is 6.00. The summed E-state index contributed by atoms with van der Waals surface area (Å²) < 4.78 is 0. The van der Waals surface area contributed by atoms with Gasteiger partial charge in [-0.1, -0.05) is 0 Å². The maximum atomic E-state index is 9.88. The monoisotopic (exact) mass is 200 g/mol. The number of hydrogen-bond acceptors (Lipinski definition) is 4. The van der Waals surface area contributed by atoms with Crippen molar-refractivity contribution in [1.29, 1.82) is 0 Å². The van der Waals surface area contributed by atoms with Gasteiger partial charge in [-0.05, 0) is 0 Å². The molecule has 5 heteroatoms. The molecule has 4 nitrogen and oxygen atoms in total. The molecule has 0 atom stereocenters. The van der Waals surface area contributed by atoms with E-state index in [1.807, 2.05) is 0 Å². The van der Waals surface area contributed by atoms with Crippen LogP contribution in [0.25, 0.3) is 0 Å². The second-order valence-electron chi connectivity index (χ2n) is 1.04. The van der Waals surface area contributed by atoms with E-state index in [2.05, 4.69) is 13.2 Å². The molecule has 0 saturated carbocycles. The molecule has 11 heavy (non-hydrogen) atoms. The molecule has 0 radical (unpaired) electrons. The third-order valence-corrected chi connectivity index (χ3v) is 2.38. The summed E-state index contributed by atoms with van der Waals surface area (Å²) in [5, 5.41) is 0.500. The minimum absolute atomic E-state index is 0.125. The van der Waals surface area contributed by atoms with Gasteiger partial charge >= 0.3 is 52.8 Å². The zero-order valence-electron chi connectivity index (χ0n) is 5.71. The van der Waals surface area contributed by atoms with E-state index in [9.17, 15) is 19.2 Å². The van der Waals surface area contributed by atoms with Crippen LogP contribution < -0.4 is 0 Å². The van der Waals surface area contributed by atoms with Crippen LogP contribution in [0, 0.1) is 0 Å².